The van der Waals surface area contributed by atoms with Crippen molar-refractivity contribution in [3.63, 3.8) is 0 Å². The highest BCUT2D eigenvalue weighted by atomic mass is 16.5. The molecule has 0 radical (unpaired) electrons. The number of aryl methyl sites for hydroxylation is 1. The van der Waals surface area contributed by atoms with E-state index in [0.717, 1.165) is 31.6 Å². The fourth-order valence-corrected chi connectivity index (χ4v) is 3.57. The number of benzene rings is 2. The molecule has 3 heteroatoms. The van der Waals surface area contributed by atoms with Crippen molar-refractivity contribution in [1.29, 1.82) is 0 Å². The lowest BCUT2D eigenvalue weighted by Crippen LogP contribution is -2.51. The maximum absolute atomic E-state index is 10.8. The molecule has 3 atom stereocenters. The fourth-order valence-electron chi connectivity index (χ4n) is 3.57. The number of aliphatic hydroxyl groups is 1. The second kappa shape index (κ2) is 7.82. The molecule has 0 bridgehead atoms. The van der Waals surface area contributed by atoms with E-state index in [1.54, 1.807) is 0 Å². The minimum atomic E-state index is -0.465. The van der Waals surface area contributed by atoms with Crippen LogP contribution in [0.15, 0.2) is 54.6 Å². The Morgan fingerprint density at radius 1 is 1.04 bits per heavy atom. The van der Waals surface area contributed by atoms with Crippen molar-refractivity contribution in [1.82, 2.24) is 4.90 Å². The van der Waals surface area contributed by atoms with Crippen LogP contribution < -0.4 is 4.74 Å². The maximum Gasteiger partial charge on any atom is 0.126 e. The van der Waals surface area contributed by atoms with Gasteiger partial charge in [-0.1, -0.05) is 42.5 Å². The van der Waals surface area contributed by atoms with Crippen LogP contribution in [0.1, 0.15) is 30.4 Å². The lowest BCUT2D eigenvalue weighted by molar-refractivity contribution is -0.0491. The lowest BCUT2D eigenvalue weighted by Gasteiger charge is -2.39. The standard InChI is InChI=1S/C21H27NO2/c1-16-9-6-7-10-17(16)15-22(2)19-13-8-14-20(21(19)23)24-18-11-4-3-5-12-18/h3-7,9-12,19-21,23H,8,13-15H2,1-2H3/t19-,20+,21+/m1/s1. The van der Waals surface area contributed by atoms with Crippen molar-refractivity contribution < 1.29 is 9.84 Å². The molecule has 0 spiro atoms. The highest BCUT2D eigenvalue weighted by Gasteiger charge is 2.35. The van der Waals surface area contributed by atoms with Crippen LogP contribution in [0, 0.1) is 6.92 Å². The van der Waals surface area contributed by atoms with Crippen LogP contribution in [0.2, 0.25) is 0 Å². The summed E-state index contributed by atoms with van der Waals surface area (Å²) in [6.07, 6.45) is 2.40. The molecular weight excluding hydrogens is 298 g/mol. The summed E-state index contributed by atoms with van der Waals surface area (Å²) in [7, 11) is 2.10. The monoisotopic (exact) mass is 325 g/mol. The summed E-state index contributed by atoms with van der Waals surface area (Å²) in [4.78, 5) is 2.27. The van der Waals surface area contributed by atoms with E-state index in [1.165, 1.54) is 11.1 Å². The molecule has 2 aromatic rings. The quantitative estimate of drug-likeness (QED) is 0.908. The Labute approximate surface area is 144 Å². The minimum absolute atomic E-state index is 0.132. The van der Waals surface area contributed by atoms with E-state index in [4.69, 9.17) is 4.74 Å². The molecule has 1 aliphatic carbocycles. The first-order valence-electron chi connectivity index (χ1n) is 8.79. The first-order valence-corrected chi connectivity index (χ1v) is 8.79. The number of hydrogen-bond acceptors (Lipinski definition) is 3. The fraction of sp³-hybridized carbons (Fsp3) is 0.429. The summed E-state index contributed by atoms with van der Waals surface area (Å²) < 4.78 is 6.05. The van der Waals surface area contributed by atoms with Gasteiger partial charge in [0.1, 0.15) is 18.0 Å². The Balaban J connectivity index is 1.65. The predicted molar refractivity (Wildman–Crippen MR) is 97.1 cm³/mol. The SMILES string of the molecule is Cc1ccccc1CN(C)[C@@H]1CCC[C@H](Oc2ccccc2)[C@H]1O. The van der Waals surface area contributed by atoms with Gasteiger partial charge in [-0.15, -0.1) is 0 Å². The minimum Gasteiger partial charge on any atom is -0.488 e. The summed E-state index contributed by atoms with van der Waals surface area (Å²) in [6, 6.07) is 18.4. The molecule has 0 amide bonds. The summed E-state index contributed by atoms with van der Waals surface area (Å²) in [5.74, 6) is 0.837. The molecule has 1 fully saturated rings. The summed E-state index contributed by atoms with van der Waals surface area (Å²) >= 11 is 0. The van der Waals surface area contributed by atoms with Gasteiger partial charge in [0.05, 0.1) is 0 Å². The number of rotatable bonds is 5. The molecule has 2 aromatic carbocycles. The molecule has 1 aliphatic rings. The van der Waals surface area contributed by atoms with Crippen molar-refractivity contribution in [2.75, 3.05) is 7.05 Å². The van der Waals surface area contributed by atoms with Gasteiger partial charge in [0.2, 0.25) is 0 Å². The third-order valence-electron chi connectivity index (χ3n) is 5.04. The highest BCUT2D eigenvalue weighted by molar-refractivity contribution is 5.25. The second-order valence-corrected chi connectivity index (χ2v) is 6.80. The molecule has 1 N–H and O–H groups in total. The van der Waals surface area contributed by atoms with Gasteiger partial charge >= 0.3 is 0 Å². The lowest BCUT2D eigenvalue weighted by atomic mass is 9.88. The Morgan fingerprint density at radius 2 is 1.75 bits per heavy atom. The molecule has 3 nitrogen and oxygen atoms in total. The Kier molecular flexibility index (Phi) is 5.54. The van der Waals surface area contributed by atoms with Gasteiger partial charge in [-0.05, 0) is 56.5 Å². The van der Waals surface area contributed by atoms with Crippen LogP contribution in [0.3, 0.4) is 0 Å². The Bertz CT molecular complexity index is 643. The van der Waals surface area contributed by atoms with Gasteiger partial charge in [-0.2, -0.15) is 0 Å². The smallest absolute Gasteiger partial charge is 0.126 e. The van der Waals surface area contributed by atoms with E-state index in [2.05, 4.69) is 43.1 Å². The van der Waals surface area contributed by atoms with Gasteiger partial charge in [0.15, 0.2) is 0 Å². The van der Waals surface area contributed by atoms with Crippen LogP contribution in [0.5, 0.6) is 5.75 Å². The average Bonchev–Trinajstić information content (AvgIpc) is 2.59. The van der Waals surface area contributed by atoms with Crippen LogP contribution in [0.4, 0.5) is 0 Å². The number of ether oxygens (including phenoxy) is 1. The molecule has 0 aliphatic heterocycles. The van der Waals surface area contributed by atoms with Crippen molar-refractivity contribution in [3.05, 3.63) is 65.7 Å². The number of likely N-dealkylation sites (N-methyl/N-ethyl adjacent to an activating group) is 1. The normalized spacial score (nSPS) is 24.1. The zero-order valence-electron chi connectivity index (χ0n) is 14.6. The average molecular weight is 325 g/mol. The first kappa shape index (κ1) is 17.0. The number of hydrogen-bond donors (Lipinski definition) is 1. The van der Waals surface area contributed by atoms with E-state index < -0.39 is 6.10 Å². The number of aliphatic hydroxyl groups excluding tert-OH is 1. The first-order chi connectivity index (χ1) is 11.6. The van der Waals surface area contributed by atoms with Gasteiger partial charge in [0.25, 0.3) is 0 Å². The molecule has 24 heavy (non-hydrogen) atoms. The van der Waals surface area contributed by atoms with E-state index >= 15 is 0 Å². The topological polar surface area (TPSA) is 32.7 Å². The third-order valence-corrected chi connectivity index (χ3v) is 5.04. The van der Waals surface area contributed by atoms with Crippen LogP contribution in [-0.2, 0) is 6.54 Å². The maximum atomic E-state index is 10.8. The van der Waals surface area contributed by atoms with E-state index in [9.17, 15) is 5.11 Å². The molecule has 0 unspecified atom stereocenters. The second-order valence-electron chi connectivity index (χ2n) is 6.80. The third kappa shape index (κ3) is 3.97. The Morgan fingerprint density at radius 3 is 2.50 bits per heavy atom. The Hall–Kier alpha value is -1.84. The molecule has 0 aromatic heterocycles. The molecule has 0 saturated heterocycles. The van der Waals surface area contributed by atoms with Gasteiger partial charge in [0, 0.05) is 12.6 Å². The molecule has 128 valence electrons. The predicted octanol–water partition coefficient (Wildman–Crippen LogP) is 3.79. The van der Waals surface area contributed by atoms with Crippen LogP contribution in [0.25, 0.3) is 0 Å². The summed E-state index contributed by atoms with van der Waals surface area (Å²) in [6.45, 7) is 2.99. The van der Waals surface area contributed by atoms with Gasteiger partial charge in [-0.25, -0.2) is 0 Å². The zero-order chi connectivity index (χ0) is 16.9. The van der Waals surface area contributed by atoms with Crippen molar-refractivity contribution >= 4 is 0 Å². The zero-order valence-corrected chi connectivity index (χ0v) is 14.6. The molecular formula is C21H27NO2. The molecule has 3 rings (SSSR count). The molecule has 0 heterocycles. The number of para-hydroxylation sites is 1. The van der Waals surface area contributed by atoms with E-state index in [1.807, 2.05) is 30.3 Å². The van der Waals surface area contributed by atoms with Crippen LogP contribution >= 0.6 is 0 Å². The molecule has 1 saturated carbocycles. The largest absolute Gasteiger partial charge is 0.488 e. The van der Waals surface area contributed by atoms with Crippen molar-refractivity contribution in [2.45, 2.75) is 51.0 Å². The summed E-state index contributed by atoms with van der Waals surface area (Å²) in [5.41, 5.74) is 2.62. The van der Waals surface area contributed by atoms with Crippen molar-refractivity contribution in [3.8, 4) is 5.75 Å². The van der Waals surface area contributed by atoms with E-state index in [0.29, 0.717) is 0 Å². The number of nitrogens with zero attached hydrogens (tertiary/aromatic N) is 1. The van der Waals surface area contributed by atoms with Crippen molar-refractivity contribution in [2.24, 2.45) is 0 Å². The highest BCUT2D eigenvalue weighted by Crippen LogP contribution is 2.28. The van der Waals surface area contributed by atoms with Gasteiger partial charge in [-0.3, -0.25) is 4.90 Å². The van der Waals surface area contributed by atoms with E-state index in [-0.39, 0.29) is 12.1 Å². The summed E-state index contributed by atoms with van der Waals surface area (Å²) in [5, 5.41) is 10.8. The van der Waals surface area contributed by atoms with Gasteiger partial charge < -0.3 is 9.84 Å². The van der Waals surface area contributed by atoms with Crippen LogP contribution in [-0.4, -0.2) is 35.3 Å².